The molecule has 3 amide bonds. The third-order valence-electron chi connectivity index (χ3n) is 9.25. The van der Waals surface area contributed by atoms with Gasteiger partial charge in [-0.1, -0.05) is 76.6 Å². The highest BCUT2D eigenvalue weighted by molar-refractivity contribution is 9.09. The summed E-state index contributed by atoms with van der Waals surface area (Å²) in [6, 6.07) is 21.2. The van der Waals surface area contributed by atoms with Gasteiger partial charge in [-0.15, -0.1) is 13.2 Å². The minimum atomic E-state index is -1.26. The summed E-state index contributed by atoms with van der Waals surface area (Å²) in [6.45, 7) is 9.57. The topological polar surface area (TPSA) is 90.4 Å². The highest BCUT2D eigenvalue weighted by Crippen LogP contribution is 2.61. The van der Waals surface area contributed by atoms with E-state index in [9.17, 15) is 19.5 Å². The minimum Gasteiger partial charge on any atom is -0.394 e. The van der Waals surface area contributed by atoms with Gasteiger partial charge in [0.15, 0.2) is 0 Å². The summed E-state index contributed by atoms with van der Waals surface area (Å²) >= 11 is 3.75. The maximum atomic E-state index is 14.8. The van der Waals surface area contributed by atoms with Gasteiger partial charge in [-0.2, -0.15) is 0 Å². The second-order valence-electron chi connectivity index (χ2n) is 11.8. The molecular formula is C35H36BrN3O5. The molecule has 0 radical (unpaired) electrons. The number of hydrogen-bond acceptors (Lipinski definition) is 5. The number of carbonyl (C=O) groups is 3. The van der Waals surface area contributed by atoms with Crippen LogP contribution in [0.1, 0.15) is 13.3 Å². The summed E-state index contributed by atoms with van der Waals surface area (Å²) < 4.78 is 6.72. The van der Waals surface area contributed by atoms with E-state index in [2.05, 4.69) is 29.1 Å². The molecule has 3 heterocycles. The molecule has 3 aliphatic heterocycles. The maximum absolute atomic E-state index is 14.8. The fourth-order valence-electron chi connectivity index (χ4n) is 7.37. The molecule has 0 saturated carbocycles. The van der Waals surface area contributed by atoms with Crippen LogP contribution in [0.15, 0.2) is 98.1 Å². The number of fused-ring (bicyclic) bond motifs is 2. The first-order chi connectivity index (χ1) is 21.3. The van der Waals surface area contributed by atoms with E-state index in [4.69, 9.17) is 4.74 Å². The van der Waals surface area contributed by atoms with Crippen molar-refractivity contribution in [1.82, 2.24) is 4.90 Å². The number of anilines is 2. The highest BCUT2D eigenvalue weighted by Gasteiger charge is 2.77. The molecule has 1 N–H and O–H groups in total. The summed E-state index contributed by atoms with van der Waals surface area (Å²) in [7, 11) is 0. The van der Waals surface area contributed by atoms with Crippen molar-refractivity contribution in [3.05, 3.63) is 98.1 Å². The van der Waals surface area contributed by atoms with Crippen molar-refractivity contribution < 1.29 is 24.2 Å². The van der Waals surface area contributed by atoms with Gasteiger partial charge in [0.2, 0.25) is 11.8 Å². The van der Waals surface area contributed by atoms with Gasteiger partial charge in [-0.25, -0.2) is 0 Å². The van der Waals surface area contributed by atoms with E-state index < -0.39 is 35.6 Å². The summed E-state index contributed by atoms with van der Waals surface area (Å²) in [5, 5.41) is 12.3. The Morgan fingerprint density at radius 3 is 2.30 bits per heavy atom. The summed E-state index contributed by atoms with van der Waals surface area (Å²) in [5.74, 6) is -2.67. The molecule has 6 rings (SSSR count). The van der Waals surface area contributed by atoms with Crippen molar-refractivity contribution in [3.63, 3.8) is 0 Å². The lowest BCUT2D eigenvalue weighted by atomic mass is 9.70. The number of ether oxygens (including phenoxy) is 1. The maximum Gasteiger partial charge on any atom is 0.253 e. The van der Waals surface area contributed by atoms with Gasteiger partial charge in [-0.3, -0.25) is 14.4 Å². The van der Waals surface area contributed by atoms with Crippen LogP contribution in [-0.2, 0) is 19.1 Å². The van der Waals surface area contributed by atoms with Gasteiger partial charge in [0, 0.05) is 29.3 Å². The minimum absolute atomic E-state index is 0.203. The van der Waals surface area contributed by atoms with Gasteiger partial charge in [0.1, 0.15) is 11.6 Å². The van der Waals surface area contributed by atoms with Crippen LogP contribution in [0.2, 0.25) is 0 Å². The zero-order valence-electron chi connectivity index (χ0n) is 24.6. The number of likely N-dealkylation sites (tertiary alicyclic amines) is 1. The normalized spacial score (nSPS) is 27.7. The molecule has 2 bridgehead atoms. The number of alkyl halides is 1. The Morgan fingerprint density at radius 1 is 1.00 bits per heavy atom. The molecule has 7 atom stereocenters. The fraction of sp³-hybridized carbons (Fsp3) is 0.343. The summed E-state index contributed by atoms with van der Waals surface area (Å²) in [5.41, 5.74) is 0.0885. The van der Waals surface area contributed by atoms with Crippen LogP contribution >= 0.6 is 15.9 Å². The number of aliphatic hydroxyl groups is 1. The predicted molar refractivity (Wildman–Crippen MR) is 175 cm³/mol. The summed E-state index contributed by atoms with van der Waals surface area (Å²) in [4.78, 5) is 48.1. The zero-order chi connectivity index (χ0) is 31.2. The lowest BCUT2D eigenvalue weighted by Gasteiger charge is -2.38. The van der Waals surface area contributed by atoms with Crippen LogP contribution in [0.5, 0.6) is 0 Å². The lowest BCUT2D eigenvalue weighted by Crippen LogP contribution is -2.59. The molecule has 3 saturated heterocycles. The average molecular weight is 659 g/mol. The molecule has 3 unspecified atom stereocenters. The van der Waals surface area contributed by atoms with Crippen LogP contribution in [0, 0.1) is 11.8 Å². The van der Waals surface area contributed by atoms with E-state index in [0.29, 0.717) is 17.8 Å². The molecule has 3 aliphatic rings. The lowest BCUT2D eigenvalue weighted by molar-refractivity contribution is -0.143. The van der Waals surface area contributed by atoms with Crippen LogP contribution < -0.4 is 9.80 Å². The number of rotatable bonds is 10. The summed E-state index contributed by atoms with van der Waals surface area (Å²) in [6.07, 6.45) is 3.07. The fourth-order valence-corrected chi connectivity index (χ4v) is 8.32. The highest BCUT2D eigenvalue weighted by atomic mass is 79.9. The van der Waals surface area contributed by atoms with E-state index in [0.717, 1.165) is 10.8 Å². The average Bonchev–Trinajstić information content (AvgIpc) is 3.64. The Bertz CT molecular complexity index is 1610. The SMILES string of the molecule is C=CCN(C(=O)C1N([C@H](C)CO)C(=O)[C@@H]2[C@@H](C(=O)N(CC=C)c3ccccc3)[C@@H]3OC12CC3Br)c1ccc2ccccc2c1. The molecule has 44 heavy (non-hydrogen) atoms. The van der Waals surface area contributed by atoms with Crippen LogP contribution in [0.3, 0.4) is 0 Å². The van der Waals surface area contributed by atoms with Crippen molar-refractivity contribution in [2.75, 3.05) is 29.5 Å². The largest absolute Gasteiger partial charge is 0.394 e. The molecule has 0 aromatic heterocycles. The van der Waals surface area contributed by atoms with Crippen molar-refractivity contribution in [3.8, 4) is 0 Å². The first kappa shape index (κ1) is 30.2. The van der Waals surface area contributed by atoms with Gasteiger partial charge >= 0.3 is 0 Å². The first-order valence-electron chi connectivity index (χ1n) is 14.9. The van der Waals surface area contributed by atoms with E-state index in [1.54, 1.807) is 28.9 Å². The number of halogens is 1. The number of para-hydroxylation sites is 1. The van der Waals surface area contributed by atoms with Crippen molar-refractivity contribution in [2.45, 2.75) is 42.0 Å². The second-order valence-corrected chi connectivity index (χ2v) is 13.0. The number of aliphatic hydroxyl groups excluding tert-OH is 1. The third kappa shape index (κ3) is 4.69. The Kier molecular flexibility index (Phi) is 8.22. The smallest absolute Gasteiger partial charge is 0.253 e. The number of nitrogens with zero attached hydrogens (tertiary/aromatic N) is 3. The molecule has 9 heteroatoms. The van der Waals surface area contributed by atoms with Gasteiger partial charge in [-0.05, 0) is 48.4 Å². The van der Waals surface area contributed by atoms with Gasteiger partial charge in [0.25, 0.3) is 5.91 Å². The standard InChI is InChI=1S/C35H36BrN3O5/c1-4-17-37(25-13-7-6-8-14-25)32(41)28-29-33(42)39(22(3)21-40)31(35(29)20-27(36)30(28)44-35)34(43)38(18-5-2)26-16-15-23-11-9-10-12-24(23)19-26/h4-16,19,22,27-31,40H,1-2,17-18,20-21H2,3H3/t22-,27?,28-,29+,30-,31?,35?/m1/s1. The quantitative estimate of drug-likeness (QED) is 0.252. The van der Waals surface area contributed by atoms with Gasteiger partial charge in [0.05, 0.1) is 30.6 Å². The molecular weight excluding hydrogens is 622 g/mol. The second kappa shape index (κ2) is 12.0. The molecule has 3 aromatic carbocycles. The van der Waals surface area contributed by atoms with Crippen LogP contribution in [-0.4, -0.2) is 76.0 Å². The first-order valence-corrected chi connectivity index (χ1v) is 15.8. The van der Waals surface area contributed by atoms with Crippen molar-refractivity contribution in [2.24, 2.45) is 11.8 Å². The monoisotopic (exact) mass is 657 g/mol. The zero-order valence-corrected chi connectivity index (χ0v) is 26.2. The van der Waals surface area contributed by atoms with Crippen LogP contribution in [0.4, 0.5) is 11.4 Å². The molecule has 1 spiro atoms. The van der Waals surface area contributed by atoms with E-state index in [1.165, 1.54) is 4.90 Å². The molecule has 3 fully saturated rings. The van der Waals surface area contributed by atoms with Crippen molar-refractivity contribution >= 4 is 55.8 Å². The molecule has 228 valence electrons. The number of amides is 3. The third-order valence-corrected chi connectivity index (χ3v) is 10.1. The molecule has 8 nitrogen and oxygen atoms in total. The van der Waals surface area contributed by atoms with Crippen molar-refractivity contribution in [1.29, 1.82) is 0 Å². The van der Waals surface area contributed by atoms with E-state index >= 15 is 0 Å². The predicted octanol–water partition coefficient (Wildman–Crippen LogP) is 4.71. The Morgan fingerprint density at radius 2 is 1.64 bits per heavy atom. The van der Waals surface area contributed by atoms with E-state index in [1.807, 2.05) is 72.8 Å². The van der Waals surface area contributed by atoms with Gasteiger partial charge < -0.3 is 24.5 Å². The Labute approximate surface area is 265 Å². The number of hydrogen-bond donors (Lipinski definition) is 1. The Balaban J connectivity index is 1.44. The molecule has 0 aliphatic carbocycles. The van der Waals surface area contributed by atoms with E-state index in [-0.39, 0.29) is 42.2 Å². The van der Waals surface area contributed by atoms with Crippen LogP contribution in [0.25, 0.3) is 10.8 Å². The Hall–Kier alpha value is -3.79. The number of benzene rings is 3. The molecule has 3 aromatic rings. The number of carbonyl (C=O) groups excluding carboxylic acids is 3.